The van der Waals surface area contributed by atoms with Crippen LogP contribution in [0.2, 0.25) is 0 Å². The molecule has 10 nitrogen and oxygen atoms in total. The van der Waals surface area contributed by atoms with E-state index >= 15 is 0 Å². The molecule has 0 saturated carbocycles. The molecule has 0 radical (unpaired) electrons. The highest BCUT2D eigenvalue weighted by Gasteiger charge is 2.40. The maximum absolute atomic E-state index is 10.6. The number of nitrogens with zero attached hydrogens (tertiary/aromatic N) is 5. The Morgan fingerprint density at radius 1 is 1.02 bits per heavy atom. The molecular weight excluding hydrogens is 552 g/mol. The number of amidine groups is 1. The van der Waals surface area contributed by atoms with Gasteiger partial charge in [0, 0.05) is 47.8 Å². The summed E-state index contributed by atoms with van der Waals surface area (Å²) in [6, 6.07) is 22.7. The van der Waals surface area contributed by atoms with Gasteiger partial charge in [0.2, 0.25) is 0 Å². The average Bonchev–Trinajstić information content (AvgIpc) is 3.65. The molecule has 1 spiro atoms. The van der Waals surface area contributed by atoms with Gasteiger partial charge in [-0.05, 0) is 29.0 Å². The number of rotatable bonds is 6. The number of aliphatic carboxylic acids is 1. The van der Waals surface area contributed by atoms with E-state index in [2.05, 4.69) is 61.7 Å². The Morgan fingerprint density at radius 2 is 1.79 bits per heavy atom. The second-order valence-electron chi connectivity index (χ2n) is 10.3. The fraction of sp³-hybridized carbons (Fsp3) is 0.194. The summed E-state index contributed by atoms with van der Waals surface area (Å²) in [6.07, 6.45) is 5.47. The Hall–Kier alpha value is -5.03. The first kappa shape index (κ1) is 25.9. The zero-order valence-electron chi connectivity index (χ0n) is 22.4. The number of carbonyl (C=O) groups is 1. The molecule has 0 amide bonds. The smallest absolute Gasteiger partial charge is 0.327 e. The number of hydrogen-bond acceptors (Lipinski definition) is 8. The van der Waals surface area contributed by atoms with Gasteiger partial charge in [-0.25, -0.2) is 4.98 Å². The maximum Gasteiger partial charge on any atom is 0.327 e. The van der Waals surface area contributed by atoms with Gasteiger partial charge in [-0.3, -0.25) is 4.79 Å². The second kappa shape index (κ2) is 10.4. The number of fused-ring (bicyclic) bond motifs is 4. The second-order valence-corrected chi connectivity index (χ2v) is 11.3. The molecule has 3 aromatic carbocycles. The van der Waals surface area contributed by atoms with Gasteiger partial charge in [0.15, 0.2) is 17.5 Å². The number of aromatic nitrogens is 1. The Bertz CT molecular complexity index is 1910. The van der Waals surface area contributed by atoms with Gasteiger partial charge in [0.05, 0.1) is 11.1 Å². The number of ether oxygens (including phenoxy) is 1. The van der Waals surface area contributed by atoms with Crippen molar-refractivity contribution in [2.24, 2.45) is 21.2 Å². The summed E-state index contributed by atoms with van der Waals surface area (Å²) in [4.78, 5) is 18.0. The molecule has 2 aliphatic rings. The number of para-hydroxylation sites is 3. The molecule has 5 aromatic rings. The number of anilines is 1. The van der Waals surface area contributed by atoms with Gasteiger partial charge in [-0.1, -0.05) is 65.9 Å². The fourth-order valence-electron chi connectivity index (χ4n) is 5.62. The van der Waals surface area contributed by atoms with Crippen LogP contribution in [0.25, 0.3) is 27.5 Å². The highest BCUT2D eigenvalue weighted by atomic mass is 32.1. The molecule has 7 rings (SSSR count). The van der Waals surface area contributed by atoms with Crippen LogP contribution in [0.4, 0.5) is 5.13 Å². The van der Waals surface area contributed by atoms with Crippen molar-refractivity contribution in [2.45, 2.75) is 18.4 Å². The van der Waals surface area contributed by atoms with Gasteiger partial charge < -0.3 is 24.9 Å². The number of benzene rings is 3. The van der Waals surface area contributed by atoms with E-state index in [4.69, 9.17) is 20.0 Å². The third kappa shape index (κ3) is 4.67. The molecule has 0 atom stereocenters. The number of piperidine rings is 1. The molecular formula is C31H26N6O4S. The summed E-state index contributed by atoms with van der Waals surface area (Å²) in [5.41, 5.74) is 10.5. The van der Waals surface area contributed by atoms with Crippen molar-refractivity contribution in [2.75, 3.05) is 24.5 Å². The summed E-state index contributed by atoms with van der Waals surface area (Å²) in [5.74, 6) is -0.0791. The van der Waals surface area contributed by atoms with Crippen molar-refractivity contribution in [3.05, 3.63) is 95.0 Å². The SMILES string of the molecule is N/C(=N\N=NCC(=O)O)c1cnc(N2CCC3(C=C(c4cccc5c4oc4ccccc45)c4ccccc4O3)CC2)s1. The monoisotopic (exact) mass is 578 g/mol. The van der Waals surface area contributed by atoms with E-state index in [9.17, 15) is 4.79 Å². The number of thiazole rings is 1. The minimum Gasteiger partial charge on any atom is -0.482 e. The number of carboxylic acids is 1. The van der Waals surface area contributed by atoms with Crippen LogP contribution in [0.15, 0.2) is 98.9 Å². The average molecular weight is 579 g/mol. The zero-order valence-corrected chi connectivity index (χ0v) is 23.3. The van der Waals surface area contributed by atoms with E-state index in [1.807, 2.05) is 36.4 Å². The van der Waals surface area contributed by atoms with E-state index < -0.39 is 18.1 Å². The molecule has 0 unspecified atom stereocenters. The van der Waals surface area contributed by atoms with Gasteiger partial charge in [-0.15, -0.1) is 5.10 Å². The first-order valence-electron chi connectivity index (χ1n) is 13.5. The lowest BCUT2D eigenvalue weighted by atomic mass is 9.82. The number of carboxylic acid groups (broad SMARTS) is 1. The predicted molar refractivity (Wildman–Crippen MR) is 162 cm³/mol. The number of hydrogen-bond donors (Lipinski definition) is 2. The molecule has 1 saturated heterocycles. The normalized spacial score (nSPS) is 16.6. The minimum absolute atomic E-state index is 0.140. The van der Waals surface area contributed by atoms with Crippen LogP contribution in [0, 0.1) is 0 Å². The lowest BCUT2D eigenvalue weighted by Crippen LogP contribution is -2.48. The third-order valence-corrected chi connectivity index (χ3v) is 8.72. The number of furan rings is 1. The van der Waals surface area contributed by atoms with E-state index in [1.54, 1.807) is 6.20 Å². The van der Waals surface area contributed by atoms with Gasteiger partial charge in [0.1, 0.15) is 22.5 Å². The molecule has 4 heterocycles. The molecule has 210 valence electrons. The predicted octanol–water partition coefficient (Wildman–Crippen LogP) is 6.06. The fourth-order valence-corrected chi connectivity index (χ4v) is 6.49. The van der Waals surface area contributed by atoms with Gasteiger partial charge in [-0.2, -0.15) is 5.11 Å². The first-order chi connectivity index (χ1) is 20.5. The molecule has 1 fully saturated rings. The lowest BCUT2D eigenvalue weighted by Gasteiger charge is -2.43. The molecule has 2 aliphatic heterocycles. The summed E-state index contributed by atoms with van der Waals surface area (Å²) >= 11 is 1.41. The van der Waals surface area contributed by atoms with Crippen molar-refractivity contribution < 1.29 is 19.1 Å². The van der Waals surface area contributed by atoms with Crippen LogP contribution in [0.5, 0.6) is 5.75 Å². The zero-order chi connectivity index (χ0) is 28.7. The lowest BCUT2D eigenvalue weighted by molar-refractivity contribution is -0.135. The van der Waals surface area contributed by atoms with Crippen molar-refractivity contribution in [1.29, 1.82) is 0 Å². The molecule has 11 heteroatoms. The van der Waals surface area contributed by atoms with Gasteiger partial charge in [0.25, 0.3) is 0 Å². The standard InChI is InChI=1S/C31H26N6O4S/c32-29(35-36-34-18-27(38)39)26-17-33-30(42-26)37-14-12-31(13-15-37)16-23(20-7-2-4-11-25(20)41-31)22-9-5-8-21-19-6-1-3-10-24(19)40-28(21)22/h1-11,16-17H,12-15,18H2,(H,38,39)(H2,32,34,35). The summed E-state index contributed by atoms with van der Waals surface area (Å²) < 4.78 is 13.1. The molecule has 3 N–H and O–H groups in total. The van der Waals surface area contributed by atoms with E-state index in [0.29, 0.717) is 4.88 Å². The number of nitrogens with two attached hydrogens (primary N) is 1. The third-order valence-electron chi connectivity index (χ3n) is 7.64. The summed E-state index contributed by atoms with van der Waals surface area (Å²) in [6.45, 7) is 1.02. The Morgan fingerprint density at radius 3 is 2.64 bits per heavy atom. The minimum atomic E-state index is -1.09. The Kier molecular flexibility index (Phi) is 6.43. The van der Waals surface area contributed by atoms with Crippen LogP contribution >= 0.6 is 11.3 Å². The summed E-state index contributed by atoms with van der Waals surface area (Å²) in [5, 5.41) is 22.4. The molecule has 2 aromatic heterocycles. The summed E-state index contributed by atoms with van der Waals surface area (Å²) in [7, 11) is 0. The van der Waals surface area contributed by atoms with E-state index in [1.165, 1.54) is 11.3 Å². The van der Waals surface area contributed by atoms with Crippen LogP contribution < -0.4 is 15.4 Å². The highest BCUT2D eigenvalue weighted by Crippen LogP contribution is 2.46. The largest absolute Gasteiger partial charge is 0.482 e. The highest BCUT2D eigenvalue weighted by molar-refractivity contribution is 7.17. The maximum atomic E-state index is 10.6. The van der Waals surface area contributed by atoms with Gasteiger partial charge >= 0.3 is 5.97 Å². The van der Waals surface area contributed by atoms with E-state index in [-0.39, 0.29) is 5.84 Å². The molecule has 0 aliphatic carbocycles. The molecule has 42 heavy (non-hydrogen) atoms. The van der Waals surface area contributed by atoms with Crippen molar-refractivity contribution in [3.8, 4) is 5.75 Å². The van der Waals surface area contributed by atoms with E-state index in [0.717, 1.165) is 75.5 Å². The van der Waals surface area contributed by atoms with Crippen LogP contribution in [0.3, 0.4) is 0 Å². The van der Waals surface area contributed by atoms with Crippen molar-refractivity contribution in [3.63, 3.8) is 0 Å². The van der Waals surface area contributed by atoms with Crippen molar-refractivity contribution in [1.82, 2.24) is 4.98 Å². The van der Waals surface area contributed by atoms with Crippen molar-refractivity contribution >= 4 is 55.8 Å². The molecule has 0 bridgehead atoms. The van der Waals surface area contributed by atoms with Crippen LogP contribution in [-0.2, 0) is 4.79 Å². The quantitative estimate of drug-likeness (QED) is 0.108. The Balaban J connectivity index is 1.17. The Labute approximate surface area is 244 Å². The first-order valence-corrected chi connectivity index (χ1v) is 14.4. The van der Waals surface area contributed by atoms with Crippen LogP contribution in [-0.4, -0.2) is 47.1 Å². The van der Waals surface area contributed by atoms with Crippen LogP contribution in [0.1, 0.15) is 28.8 Å². The topological polar surface area (TPSA) is 139 Å².